The minimum Gasteiger partial charge on any atom is -0.497 e. The number of aromatic nitrogens is 2. The first-order valence-corrected chi connectivity index (χ1v) is 8.40. The summed E-state index contributed by atoms with van der Waals surface area (Å²) in [7, 11) is 4.68. The van der Waals surface area contributed by atoms with Crippen LogP contribution in [0.25, 0.3) is 0 Å². The summed E-state index contributed by atoms with van der Waals surface area (Å²) in [5.74, 6) is 1.76. The molecule has 2 N–H and O–H groups in total. The molecule has 3 rings (SSSR count). The largest absolute Gasteiger partial charge is 0.497 e. The highest BCUT2D eigenvalue weighted by atomic mass is 16.5. The lowest BCUT2D eigenvalue weighted by Gasteiger charge is -2.12. The van der Waals surface area contributed by atoms with E-state index in [0.717, 1.165) is 11.4 Å². The fourth-order valence-corrected chi connectivity index (χ4v) is 2.45. The van der Waals surface area contributed by atoms with E-state index in [0.29, 0.717) is 23.1 Å². The maximum atomic E-state index is 12.6. The van der Waals surface area contributed by atoms with Crippen molar-refractivity contribution in [2.45, 2.75) is 0 Å². The first-order chi connectivity index (χ1) is 13.6. The van der Waals surface area contributed by atoms with Crippen molar-refractivity contribution in [3.05, 3.63) is 60.4 Å². The van der Waals surface area contributed by atoms with Crippen molar-refractivity contribution < 1.29 is 19.0 Å². The molecule has 0 aliphatic heterocycles. The van der Waals surface area contributed by atoms with Gasteiger partial charge in [-0.25, -0.2) is 9.97 Å². The van der Waals surface area contributed by atoms with Gasteiger partial charge in [0.15, 0.2) is 0 Å². The Kier molecular flexibility index (Phi) is 5.91. The van der Waals surface area contributed by atoms with Gasteiger partial charge in [0, 0.05) is 18.0 Å². The second kappa shape index (κ2) is 8.72. The maximum absolute atomic E-state index is 12.6. The minimum atomic E-state index is -0.397. The highest BCUT2D eigenvalue weighted by Crippen LogP contribution is 2.29. The van der Waals surface area contributed by atoms with Crippen LogP contribution in [-0.2, 0) is 0 Å². The summed E-state index contributed by atoms with van der Waals surface area (Å²) in [6.45, 7) is 0. The SMILES string of the molecule is COc1ccc(Nc2nccc(C(=O)Nc3cc(OC)ccc3OC)n2)cc1. The lowest BCUT2D eigenvalue weighted by molar-refractivity contribution is 0.102. The van der Waals surface area contributed by atoms with E-state index in [9.17, 15) is 4.79 Å². The fourth-order valence-electron chi connectivity index (χ4n) is 2.45. The second-order valence-corrected chi connectivity index (χ2v) is 5.64. The highest BCUT2D eigenvalue weighted by Gasteiger charge is 2.13. The van der Waals surface area contributed by atoms with E-state index in [1.807, 2.05) is 24.3 Å². The van der Waals surface area contributed by atoms with Crippen LogP contribution >= 0.6 is 0 Å². The lowest BCUT2D eigenvalue weighted by atomic mass is 10.2. The van der Waals surface area contributed by atoms with E-state index in [1.54, 1.807) is 32.4 Å². The molecule has 1 amide bonds. The van der Waals surface area contributed by atoms with Crippen LogP contribution in [-0.4, -0.2) is 37.2 Å². The van der Waals surface area contributed by atoms with Crippen LogP contribution in [0.2, 0.25) is 0 Å². The molecule has 0 unspecified atom stereocenters. The molecule has 0 aliphatic carbocycles. The number of methoxy groups -OCH3 is 3. The predicted molar refractivity (Wildman–Crippen MR) is 106 cm³/mol. The van der Waals surface area contributed by atoms with Gasteiger partial charge in [0.2, 0.25) is 5.95 Å². The van der Waals surface area contributed by atoms with Crippen LogP contribution in [0.4, 0.5) is 17.3 Å². The quantitative estimate of drug-likeness (QED) is 0.648. The molecule has 0 aliphatic rings. The van der Waals surface area contributed by atoms with E-state index in [2.05, 4.69) is 20.6 Å². The average Bonchev–Trinajstić information content (AvgIpc) is 2.74. The number of amides is 1. The van der Waals surface area contributed by atoms with Gasteiger partial charge in [-0.2, -0.15) is 0 Å². The van der Waals surface area contributed by atoms with Gasteiger partial charge in [-0.3, -0.25) is 4.79 Å². The molecule has 8 heteroatoms. The van der Waals surface area contributed by atoms with E-state index >= 15 is 0 Å². The molecular weight excluding hydrogens is 360 g/mol. The van der Waals surface area contributed by atoms with E-state index < -0.39 is 5.91 Å². The molecule has 3 aromatic rings. The zero-order chi connectivity index (χ0) is 19.9. The summed E-state index contributed by atoms with van der Waals surface area (Å²) in [6.07, 6.45) is 1.51. The van der Waals surface area contributed by atoms with Gasteiger partial charge < -0.3 is 24.8 Å². The Morgan fingerprint density at radius 2 is 1.61 bits per heavy atom. The van der Waals surface area contributed by atoms with E-state index in [1.165, 1.54) is 19.4 Å². The molecule has 0 spiro atoms. The fraction of sp³-hybridized carbons (Fsp3) is 0.150. The number of carbonyl (C=O) groups is 1. The van der Waals surface area contributed by atoms with Gasteiger partial charge in [-0.15, -0.1) is 0 Å². The number of nitrogens with one attached hydrogen (secondary N) is 2. The molecule has 8 nitrogen and oxygen atoms in total. The maximum Gasteiger partial charge on any atom is 0.274 e. The third kappa shape index (κ3) is 4.47. The minimum absolute atomic E-state index is 0.205. The van der Waals surface area contributed by atoms with Gasteiger partial charge >= 0.3 is 0 Å². The van der Waals surface area contributed by atoms with Crippen molar-refractivity contribution in [2.24, 2.45) is 0 Å². The smallest absolute Gasteiger partial charge is 0.274 e. The Bertz CT molecular complexity index is 961. The Hall–Kier alpha value is -3.81. The van der Waals surface area contributed by atoms with Gasteiger partial charge in [0.05, 0.1) is 27.0 Å². The van der Waals surface area contributed by atoms with Gasteiger partial charge in [0.25, 0.3) is 5.91 Å². The number of benzene rings is 2. The summed E-state index contributed by atoms with van der Waals surface area (Å²) >= 11 is 0. The summed E-state index contributed by atoms with van der Waals surface area (Å²) in [5.41, 5.74) is 1.46. The summed E-state index contributed by atoms with van der Waals surface area (Å²) in [6, 6.07) is 13.9. The van der Waals surface area contributed by atoms with Crippen LogP contribution in [0.1, 0.15) is 10.5 Å². The third-order valence-corrected chi connectivity index (χ3v) is 3.89. The van der Waals surface area contributed by atoms with E-state index in [4.69, 9.17) is 14.2 Å². The van der Waals surface area contributed by atoms with Crippen LogP contribution in [0.15, 0.2) is 54.7 Å². The first-order valence-electron chi connectivity index (χ1n) is 8.40. The van der Waals surface area contributed by atoms with Gasteiger partial charge in [0.1, 0.15) is 22.9 Å². The van der Waals surface area contributed by atoms with Crippen molar-refractivity contribution in [1.29, 1.82) is 0 Å². The molecule has 1 aromatic heterocycles. The number of rotatable bonds is 7. The normalized spacial score (nSPS) is 10.1. The molecule has 0 saturated carbocycles. The standard InChI is InChI=1S/C20H20N4O4/c1-26-14-6-4-13(5-7-14)22-20-21-11-10-16(24-20)19(25)23-17-12-15(27-2)8-9-18(17)28-3/h4-12H,1-3H3,(H,23,25)(H,21,22,24). The third-order valence-electron chi connectivity index (χ3n) is 3.89. The van der Waals surface area contributed by atoms with Crippen molar-refractivity contribution in [2.75, 3.05) is 32.0 Å². The molecule has 2 aromatic carbocycles. The molecule has 0 bridgehead atoms. The Balaban J connectivity index is 1.76. The zero-order valence-corrected chi connectivity index (χ0v) is 15.7. The molecule has 0 atom stereocenters. The Labute approximate surface area is 162 Å². The Morgan fingerprint density at radius 3 is 2.29 bits per heavy atom. The van der Waals surface area contributed by atoms with Crippen molar-refractivity contribution >= 4 is 23.2 Å². The molecule has 144 valence electrons. The molecule has 1 heterocycles. The van der Waals surface area contributed by atoms with Crippen molar-refractivity contribution in [1.82, 2.24) is 9.97 Å². The molecular formula is C20H20N4O4. The van der Waals surface area contributed by atoms with E-state index in [-0.39, 0.29) is 5.69 Å². The number of hydrogen-bond donors (Lipinski definition) is 2. The number of nitrogens with zero attached hydrogens (tertiary/aromatic N) is 2. The van der Waals surface area contributed by atoms with Crippen LogP contribution in [0.5, 0.6) is 17.2 Å². The summed E-state index contributed by atoms with van der Waals surface area (Å²) in [5, 5.41) is 5.83. The highest BCUT2D eigenvalue weighted by molar-refractivity contribution is 6.04. The number of carbonyl (C=O) groups excluding carboxylic acids is 1. The molecule has 0 fully saturated rings. The molecule has 0 saturated heterocycles. The summed E-state index contributed by atoms with van der Waals surface area (Å²) in [4.78, 5) is 21.0. The van der Waals surface area contributed by atoms with Crippen LogP contribution < -0.4 is 24.8 Å². The van der Waals surface area contributed by atoms with Crippen molar-refractivity contribution in [3.63, 3.8) is 0 Å². The average molecular weight is 380 g/mol. The lowest BCUT2D eigenvalue weighted by Crippen LogP contribution is -2.15. The number of ether oxygens (including phenoxy) is 3. The van der Waals surface area contributed by atoms with Crippen molar-refractivity contribution in [3.8, 4) is 17.2 Å². The van der Waals surface area contributed by atoms with Crippen LogP contribution in [0, 0.1) is 0 Å². The topological polar surface area (TPSA) is 94.6 Å². The van der Waals surface area contributed by atoms with Gasteiger partial charge in [-0.05, 0) is 42.5 Å². The number of anilines is 3. The van der Waals surface area contributed by atoms with Crippen LogP contribution in [0.3, 0.4) is 0 Å². The zero-order valence-electron chi connectivity index (χ0n) is 15.7. The Morgan fingerprint density at radius 1 is 0.893 bits per heavy atom. The first kappa shape index (κ1) is 19.0. The van der Waals surface area contributed by atoms with Gasteiger partial charge in [-0.1, -0.05) is 0 Å². The molecule has 0 radical (unpaired) electrons. The second-order valence-electron chi connectivity index (χ2n) is 5.64. The number of hydrogen-bond acceptors (Lipinski definition) is 7. The predicted octanol–water partition coefficient (Wildman–Crippen LogP) is 3.50. The molecule has 28 heavy (non-hydrogen) atoms. The summed E-state index contributed by atoms with van der Waals surface area (Å²) < 4.78 is 15.6. The monoisotopic (exact) mass is 380 g/mol.